The van der Waals surface area contributed by atoms with Gasteiger partial charge in [-0.1, -0.05) is 84.6 Å². The standard InChI is InChI=1S/C32H27N3S2/c1-3-9-28-22(6-1)32(23-7-2-4-10-29(23)36-28)24-13-11-20(26-8-5-16-33-26)18-30(24)37-31-19-21(12-14-25(31)32)27-15-17-34-35-27/h1-16,18-19,24-25,30-31,33-35H,17H2/p+1. The average Bonchev–Trinajstić information content (AvgIpc) is 3.68. The molecule has 8 rings (SSSR count). The highest BCUT2D eigenvalue weighted by Gasteiger charge is 2.58. The van der Waals surface area contributed by atoms with Gasteiger partial charge in [-0.05, 0) is 47.0 Å². The first-order valence-electron chi connectivity index (χ1n) is 13.1. The van der Waals surface area contributed by atoms with Crippen molar-refractivity contribution in [1.29, 1.82) is 0 Å². The summed E-state index contributed by atoms with van der Waals surface area (Å²) in [6.07, 6.45) is 19.2. The van der Waals surface area contributed by atoms with Crippen molar-refractivity contribution in [2.45, 2.75) is 25.7 Å². The van der Waals surface area contributed by atoms with Crippen molar-refractivity contribution >= 4 is 29.1 Å². The van der Waals surface area contributed by atoms with Crippen LogP contribution in [0.1, 0.15) is 16.8 Å². The summed E-state index contributed by atoms with van der Waals surface area (Å²) in [5, 5.41) is 0.755. The van der Waals surface area contributed by atoms with Gasteiger partial charge in [-0.15, -0.1) is 11.8 Å². The van der Waals surface area contributed by atoms with Gasteiger partial charge in [0.2, 0.25) is 0 Å². The minimum Gasteiger partial charge on any atom is -0.361 e. The van der Waals surface area contributed by atoms with E-state index in [4.69, 9.17) is 0 Å². The van der Waals surface area contributed by atoms with Crippen LogP contribution in [0.3, 0.4) is 0 Å². The molecule has 4 heterocycles. The normalized spacial score (nSPS) is 28.5. The quantitative estimate of drug-likeness (QED) is 0.387. The third kappa shape index (κ3) is 3.25. The van der Waals surface area contributed by atoms with Crippen molar-refractivity contribution in [1.82, 2.24) is 10.4 Å². The van der Waals surface area contributed by atoms with Crippen molar-refractivity contribution in [3.8, 4) is 0 Å². The number of nitrogens with one attached hydrogen (secondary N) is 2. The number of quaternary nitrogens is 1. The average molecular weight is 519 g/mol. The molecule has 4 atom stereocenters. The molecule has 3 nitrogen and oxygen atoms in total. The molecule has 0 bridgehead atoms. The number of rotatable bonds is 2. The van der Waals surface area contributed by atoms with Crippen molar-refractivity contribution in [3.05, 3.63) is 137 Å². The molecule has 1 aromatic heterocycles. The van der Waals surface area contributed by atoms with E-state index >= 15 is 0 Å². The molecule has 4 unspecified atom stereocenters. The second-order valence-corrected chi connectivity index (χ2v) is 12.8. The number of hydrogen-bond donors (Lipinski definition) is 3. The summed E-state index contributed by atoms with van der Waals surface area (Å²) >= 11 is 4.08. The Labute approximate surface area is 225 Å². The van der Waals surface area contributed by atoms with Gasteiger partial charge in [-0.2, -0.15) is 5.43 Å². The van der Waals surface area contributed by atoms with Gasteiger partial charge >= 0.3 is 0 Å². The van der Waals surface area contributed by atoms with Gasteiger partial charge in [0.1, 0.15) is 0 Å². The molecule has 3 aliphatic heterocycles. The second kappa shape index (κ2) is 8.53. The van der Waals surface area contributed by atoms with E-state index in [0.29, 0.717) is 22.3 Å². The lowest BCUT2D eigenvalue weighted by Crippen LogP contribution is -2.88. The Morgan fingerprint density at radius 1 is 0.784 bits per heavy atom. The topological polar surface area (TPSA) is 44.4 Å². The van der Waals surface area contributed by atoms with Crippen LogP contribution in [0.2, 0.25) is 0 Å². The fourth-order valence-corrected chi connectivity index (χ4v) is 10.0. The third-order valence-corrected chi connectivity index (χ3v) is 11.2. The molecule has 5 heteroatoms. The van der Waals surface area contributed by atoms with Gasteiger partial charge < -0.3 is 4.98 Å². The third-order valence-electron chi connectivity index (χ3n) is 8.55. The lowest BCUT2D eigenvalue weighted by atomic mass is 9.55. The fourth-order valence-electron chi connectivity index (χ4n) is 7.04. The molecule has 1 saturated heterocycles. The maximum Gasteiger partial charge on any atom is 0.153 e. The number of fused-ring (bicyclic) bond motifs is 8. The maximum absolute atomic E-state index is 3.43. The van der Waals surface area contributed by atoms with E-state index in [1.165, 1.54) is 43.5 Å². The van der Waals surface area contributed by atoms with E-state index in [0.717, 1.165) is 6.54 Å². The highest BCUT2D eigenvalue weighted by atomic mass is 32.2. The Kier molecular flexibility index (Phi) is 5.09. The Balaban J connectivity index is 1.36. The molecular formula is C32H28N3S2+. The Hall–Kier alpha value is -2.96. The zero-order valence-corrected chi connectivity index (χ0v) is 21.9. The van der Waals surface area contributed by atoms with Gasteiger partial charge in [0.15, 0.2) is 5.70 Å². The van der Waals surface area contributed by atoms with Gasteiger partial charge in [0.05, 0.1) is 6.54 Å². The molecular weight excluding hydrogens is 491 g/mol. The summed E-state index contributed by atoms with van der Waals surface area (Å²) in [4.78, 5) is 6.23. The second-order valence-electron chi connectivity index (χ2n) is 10.3. The molecule has 1 spiro atoms. The van der Waals surface area contributed by atoms with E-state index in [9.17, 15) is 0 Å². The predicted molar refractivity (Wildman–Crippen MR) is 153 cm³/mol. The number of aromatic amines is 1. The number of aromatic nitrogens is 1. The van der Waals surface area contributed by atoms with E-state index in [-0.39, 0.29) is 5.41 Å². The van der Waals surface area contributed by atoms with Crippen molar-refractivity contribution in [3.63, 3.8) is 0 Å². The summed E-state index contributed by atoms with van der Waals surface area (Å²) in [7, 11) is 0. The van der Waals surface area contributed by atoms with Crippen molar-refractivity contribution < 1.29 is 5.43 Å². The first-order valence-corrected chi connectivity index (χ1v) is 14.8. The minimum atomic E-state index is -0.127. The lowest BCUT2D eigenvalue weighted by Gasteiger charge is -2.57. The summed E-state index contributed by atoms with van der Waals surface area (Å²) in [5.41, 5.74) is 13.5. The van der Waals surface area contributed by atoms with E-state index in [1.807, 2.05) is 18.0 Å². The van der Waals surface area contributed by atoms with Crippen LogP contribution in [0.5, 0.6) is 0 Å². The van der Waals surface area contributed by atoms with Crippen LogP contribution in [0.4, 0.5) is 0 Å². The zero-order valence-electron chi connectivity index (χ0n) is 20.3. The Morgan fingerprint density at radius 3 is 2.11 bits per heavy atom. The number of nitrogens with two attached hydrogens (primary N) is 1. The smallest absolute Gasteiger partial charge is 0.153 e. The molecule has 5 aliphatic rings. The molecule has 0 saturated carbocycles. The summed E-state index contributed by atoms with van der Waals surface area (Å²) < 4.78 is 0. The van der Waals surface area contributed by atoms with E-state index in [1.54, 1.807) is 0 Å². The van der Waals surface area contributed by atoms with Crippen LogP contribution in [-0.4, -0.2) is 22.0 Å². The van der Waals surface area contributed by atoms with E-state index in [2.05, 4.69) is 131 Å². The number of benzene rings is 2. The fraction of sp³-hybridized carbons (Fsp3) is 0.188. The van der Waals surface area contributed by atoms with Crippen molar-refractivity contribution in [2.24, 2.45) is 11.8 Å². The number of H-pyrrole nitrogens is 1. The van der Waals surface area contributed by atoms with Crippen molar-refractivity contribution in [2.75, 3.05) is 6.54 Å². The molecule has 3 aromatic rings. The van der Waals surface area contributed by atoms with E-state index < -0.39 is 0 Å². The summed E-state index contributed by atoms with van der Waals surface area (Å²) in [6.45, 7) is 0.918. The molecule has 1 fully saturated rings. The minimum absolute atomic E-state index is 0.127. The first-order chi connectivity index (χ1) is 18.3. The first kappa shape index (κ1) is 22.1. The summed E-state index contributed by atoms with van der Waals surface area (Å²) in [5.74, 6) is 0.727. The van der Waals surface area contributed by atoms with Crippen LogP contribution < -0.4 is 10.9 Å². The molecule has 0 radical (unpaired) electrons. The van der Waals surface area contributed by atoms with Crippen LogP contribution >= 0.6 is 23.5 Å². The number of thioether (sulfide) groups is 1. The highest BCUT2D eigenvalue weighted by molar-refractivity contribution is 8.01. The summed E-state index contributed by atoms with van der Waals surface area (Å²) in [6, 6.07) is 22.6. The molecule has 2 aliphatic carbocycles. The Bertz CT molecular complexity index is 1500. The van der Waals surface area contributed by atoms with Gasteiger partial charge in [-0.3, -0.25) is 0 Å². The zero-order chi connectivity index (χ0) is 24.4. The maximum atomic E-state index is 3.43. The monoisotopic (exact) mass is 518 g/mol. The largest absolute Gasteiger partial charge is 0.361 e. The number of allylic oxidation sites excluding steroid dienone is 5. The van der Waals surface area contributed by atoms with Gasteiger partial charge in [0, 0.05) is 55.0 Å². The molecule has 0 amide bonds. The van der Waals surface area contributed by atoms with Crippen LogP contribution in [0.25, 0.3) is 5.57 Å². The van der Waals surface area contributed by atoms with Gasteiger partial charge in [0.25, 0.3) is 0 Å². The predicted octanol–water partition coefficient (Wildman–Crippen LogP) is 5.60. The number of hydrogen-bond acceptors (Lipinski definition) is 3. The highest BCUT2D eigenvalue weighted by Crippen LogP contribution is 2.64. The van der Waals surface area contributed by atoms with Gasteiger partial charge in [-0.25, -0.2) is 5.43 Å². The Morgan fingerprint density at radius 2 is 1.46 bits per heavy atom. The molecule has 2 aromatic carbocycles. The van der Waals surface area contributed by atoms with Crippen LogP contribution in [0, 0.1) is 11.8 Å². The van der Waals surface area contributed by atoms with Crippen LogP contribution in [-0.2, 0) is 5.41 Å². The molecule has 37 heavy (non-hydrogen) atoms. The molecule has 182 valence electrons. The van der Waals surface area contributed by atoms with Crippen LogP contribution in [0.15, 0.2) is 130 Å². The SMILES string of the molecule is C1=CC2C(C=C1C1=CCN[NH2+]1)SC1C=C(c3ccc[nH]3)C=CC1C21c2ccccc2Sc2ccccc21. The molecule has 4 N–H and O–H groups in total. The lowest BCUT2D eigenvalue weighted by molar-refractivity contribution is -0.652.